The number of amides is 1. The molecule has 3 N–H and O–H groups in total. The molecule has 1 aromatic carbocycles. The first-order valence-corrected chi connectivity index (χ1v) is 8.62. The topological polar surface area (TPSA) is 87.6 Å². The Bertz CT molecular complexity index is 1240. The number of fused-ring (bicyclic) bond motifs is 1. The smallest absolute Gasteiger partial charge is 0.358 e. The Morgan fingerprint density at radius 1 is 1.17 bits per heavy atom. The van der Waals surface area contributed by atoms with E-state index in [4.69, 9.17) is 0 Å². The number of hydrogen-bond donors (Lipinski definition) is 3. The molecule has 4 aromatic rings. The molecule has 3 heterocycles. The van der Waals surface area contributed by atoms with Crippen molar-refractivity contribution in [3.63, 3.8) is 0 Å². The largest absolute Gasteiger partial charge is 0.434 e. The third kappa shape index (κ3) is 3.81. The molecule has 11 heteroatoms. The summed E-state index contributed by atoms with van der Waals surface area (Å²) in [7, 11) is 1.61. The molecule has 0 aliphatic carbocycles. The lowest BCUT2D eigenvalue weighted by Crippen LogP contribution is -2.20. The van der Waals surface area contributed by atoms with Crippen molar-refractivity contribution >= 4 is 34.0 Å². The van der Waals surface area contributed by atoms with Crippen LogP contribution in [0, 0.1) is 5.82 Å². The molecule has 0 aliphatic heterocycles. The maximum absolute atomic E-state index is 13.5. The summed E-state index contributed by atoms with van der Waals surface area (Å²) >= 11 is 0. The van der Waals surface area contributed by atoms with Gasteiger partial charge >= 0.3 is 6.18 Å². The zero-order chi connectivity index (χ0) is 21.5. The van der Waals surface area contributed by atoms with Crippen LogP contribution < -0.4 is 10.6 Å². The number of hydrogen-bond acceptors (Lipinski definition) is 4. The highest BCUT2D eigenvalue weighted by Crippen LogP contribution is 2.32. The number of rotatable bonds is 4. The van der Waals surface area contributed by atoms with Gasteiger partial charge in [-0.25, -0.2) is 9.37 Å². The number of nitrogens with zero attached hydrogens (tertiary/aromatic N) is 3. The third-order valence-corrected chi connectivity index (χ3v) is 4.27. The van der Waals surface area contributed by atoms with E-state index < -0.39 is 29.2 Å². The highest BCUT2D eigenvalue weighted by molar-refractivity contribution is 6.05. The molecule has 0 bridgehead atoms. The molecule has 0 spiro atoms. The highest BCUT2D eigenvalue weighted by Gasteiger charge is 2.37. The van der Waals surface area contributed by atoms with Crippen LogP contribution in [0.25, 0.3) is 10.9 Å². The van der Waals surface area contributed by atoms with Gasteiger partial charge in [0.1, 0.15) is 11.6 Å². The summed E-state index contributed by atoms with van der Waals surface area (Å²) in [5.74, 6) is -1.51. The molecule has 0 aliphatic rings. The Balaban J connectivity index is 1.64. The number of H-pyrrole nitrogens is 1. The van der Waals surface area contributed by atoms with E-state index in [0.29, 0.717) is 16.6 Å². The lowest BCUT2D eigenvalue weighted by molar-refractivity contribution is -0.141. The zero-order valence-electron chi connectivity index (χ0n) is 15.4. The fraction of sp³-hybridized carbons (Fsp3) is 0.105. The quantitative estimate of drug-likeness (QED) is 0.428. The van der Waals surface area contributed by atoms with Crippen LogP contribution >= 0.6 is 0 Å². The monoisotopic (exact) mass is 418 g/mol. The Morgan fingerprint density at radius 2 is 1.97 bits per heavy atom. The van der Waals surface area contributed by atoms with Crippen molar-refractivity contribution in [2.24, 2.45) is 7.05 Å². The van der Waals surface area contributed by atoms with Gasteiger partial charge in [-0.1, -0.05) is 0 Å². The van der Waals surface area contributed by atoms with E-state index in [9.17, 15) is 22.4 Å². The predicted octanol–water partition coefficient (Wildman–Crippen LogP) is 4.45. The van der Waals surface area contributed by atoms with Crippen LogP contribution in [0.3, 0.4) is 0 Å². The van der Waals surface area contributed by atoms with Gasteiger partial charge in [0.05, 0.1) is 23.0 Å². The highest BCUT2D eigenvalue weighted by atomic mass is 19.4. The van der Waals surface area contributed by atoms with Crippen LogP contribution in [0.1, 0.15) is 16.1 Å². The van der Waals surface area contributed by atoms with Crippen molar-refractivity contribution in [1.82, 2.24) is 19.7 Å². The van der Waals surface area contributed by atoms with Crippen molar-refractivity contribution in [3.8, 4) is 0 Å². The van der Waals surface area contributed by atoms with Crippen LogP contribution in [0.5, 0.6) is 0 Å². The van der Waals surface area contributed by atoms with E-state index in [-0.39, 0.29) is 11.5 Å². The molecular weight excluding hydrogens is 404 g/mol. The van der Waals surface area contributed by atoms with Gasteiger partial charge in [-0.15, -0.1) is 0 Å². The minimum absolute atomic E-state index is 0.119. The van der Waals surface area contributed by atoms with Crippen molar-refractivity contribution in [3.05, 3.63) is 66.0 Å². The molecule has 0 saturated carbocycles. The fourth-order valence-corrected chi connectivity index (χ4v) is 2.93. The number of carbonyl (C=O) groups is 1. The number of alkyl halides is 3. The Labute approximate surface area is 166 Å². The summed E-state index contributed by atoms with van der Waals surface area (Å²) in [6, 6.07) is 6.83. The van der Waals surface area contributed by atoms with Gasteiger partial charge in [0, 0.05) is 30.5 Å². The SMILES string of the molecule is Cn1cc(NC(=O)c2ccc(Nc3ccc4c(F)c[nH]c4c3)nc2C(F)(F)F)cn1. The van der Waals surface area contributed by atoms with Crippen LogP contribution in [-0.4, -0.2) is 25.7 Å². The Kier molecular flexibility index (Phi) is 4.65. The maximum Gasteiger partial charge on any atom is 0.434 e. The minimum atomic E-state index is -4.86. The molecular formula is C19H14F4N6O. The van der Waals surface area contributed by atoms with Gasteiger partial charge < -0.3 is 15.6 Å². The van der Waals surface area contributed by atoms with Crippen LogP contribution in [-0.2, 0) is 13.2 Å². The fourth-order valence-electron chi connectivity index (χ4n) is 2.93. The molecule has 154 valence electrons. The normalized spacial score (nSPS) is 11.6. The molecule has 4 rings (SSSR count). The van der Waals surface area contributed by atoms with Gasteiger partial charge in [0.25, 0.3) is 5.91 Å². The van der Waals surface area contributed by atoms with Crippen molar-refractivity contribution in [2.45, 2.75) is 6.18 Å². The molecule has 0 saturated heterocycles. The van der Waals surface area contributed by atoms with Gasteiger partial charge in [0.15, 0.2) is 5.69 Å². The first kappa shape index (κ1) is 19.4. The summed E-state index contributed by atoms with van der Waals surface area (Å²) in [6.45, 7) is 0. The van der Waals surface area contributed by atoms with Crippen LogP contribution in [0.15, 0.2) is 48.9 Å². The molecule has 0 fully saturated rings. The predicted molar refractivity (Wildman–Crippen MR) is 102 cm³/mol. The van der Waals surface area contributed by atoms with Gasteiger partial charge in [-0.2, -0.15) is 18.3 Å². The number of pyridine rings is 1. The Hall–Kier alpha value is -3.89. The second-order valence-electron chi connectivity index (χ2n) is 6.47. The molecule has 0 atom stereocenters. The standard InChI is InChI=1S/C19H14F4N6O/c1-29-9-11(7-25-29)27-18(30)13-4-5-16(28-17(13)19(21,22)23)26-10-2-3-12-14(20)8-24-15(12)6-10/h2-9,24H,1H3,(H,26,28)(H,27,30). The van der Waals surface area contributed by atoms with E-state index in [1.165, 1.54) is 47.5 Å². The van der Waals surface area contributed by atoms with E-state index in [1.807, 2.05) is 0 Å². The minimum Gasteiger partial charge on any atom is -0.358 e. The van der Waals surface area contributed by atoms with Crippen molar-refractivity contribution in [1.29, 1.82) is 0 Å². The molecule has 0 unspecified atom stereocenters. The van der Waals surface area contributed by atoms with E-state index in [0.717, 1.165) is 6.07 Å². The Morgan fingerprint density at radius 3 is 2.67 bits per heavy atom. The zero-order valence-corrected chi connectivity index (χ0v) is 15.4. The third-order valence-electron chi connectivity index (χ3n) is 4.27. The van der Waals surface area contributed by atoms with Crippen molar-refractivity contribution in [2.75, 3.05) is 10.6 Å². The van der Waals surface area contributed by atoms with Gasteiger partial charge in [-0.3, -0.25) is 9.48 Å². The van der Waals surface area contributed by atoms with E-state index in [2.05, 4.69) is 25.7 Å². The van der Waals surface area contributed by atoms with E-state index >= 15 is 0 Å². The van der Waals surface area contributed by atoms with Gasteiger partial charge in [0.2, 0.25) is 0 Å². The first-order chi connectivity index (χ1) is 14.2. The first-order valence-electron chi connectivity index (χ1n) is 8.62. The maximum atomic E-state index is 13.5. The van der Waals surface area contributed by atoms with Crippen molar-refractivity contribution < 1.29 is 22.4 Å². The molecule has 30 heavy (non-hydrogen) atoms. The summed E-state index contributed by atoms with van der Waals surface area (Å²) in [5, 5.41) is 9.30. The lowest BCUT2D eigenvalue weighted by Gasteiger charge is -2.14. The average Bonchev–Trinajstić information content (AvgIpc) is 3.26. The number of aryl methyl sites for hydroxylation is 1. The molecule has 7 nitrogen and oxygen atoms in total. The number of benzene rings is 1. The lowest BCUT2D eigenvalue weighted by atomic mass is 10.1. The van der Waals surface area contributed by atoms with Crippen LogP contribution in [0.4, 0.5) is 34.8 Å². The second-order valence-corrected chi connectivity index (χ2v) is 6.47. The molecule has 3 aromatic heterocycles. The number of carbonyl (C=O) groups excluding carboxylic acids is 1. The summed E-state index contributed by atoms with van der Waals surface area (Å²) in [5.41, 5.74) is -0.831. The number of anilines is 3. The van der Waals surface area contributed by atoms with E-state index in [1.54, 1.807) is 7.05 Å². The molecule has 0 radical (unpaired) electrons. The summed E-state index contributed by atoms with van der Waals surface area (Å²) in [4.78, 5) is 18.7. The number of aromatic nitrogens is 4. The summed E-state index contributed by atoms with van der Waals surface area (Å²) < 4.78 is 55.6. The number of aromatic amines is 1. The number of halogens is 4. The average molecular weight is 418 g/mol. The van der Waals surface area contributed by atoms with Crippen LogP contribution in [0.2, 0.25) is 0 Å². The summed E-state index contributed by atoms with van der Waals surface area (Å²) in [6.07, 6.45) is -0.905. The second kappa shape index (κ2) is 7.17. The number of nitrogens with one attached hydrogen (secondary N) is 3. The molecule has 1 amide bonds. The van der Waals surface area contributed by atoms with Gasteiger partial charge in [-0.05, 0) is 30.3 Å².